The van der Waals surface area contributed by atoms with Crippen LogP contribution >= 0.6 is 0 Å². The van der Waals surface area contributed by atoms with Crippen LogP contribution in [0.5, 0.6) is 0 Å². The van der Waals surface area contributed by atoms with Crippen molar-refractivity contribution in [2.24, 2.45) is 0 Å². The Balaban J connectivity index is 2.29. The number of nitrogens with zero attached hydrogens (tertiary/aromatic N) is 1. The van der Waals surface area contributed by atoms with Gasteiger partial charge in [-0.15, -0.1) is 0 Å². The molecule has 20 heavy (non-hydrogen) atoms. The van der Waals surface area contributed by atoms with E-state index < -0.39 is 0 Å². The van der Waals surface area contributed by atoms with Crippen molar-refractivity contribution in [1.82, 2.24) is 4.98 Å². The molecule has 0 unspecified atom stereocenters. The molecule has 0 saturated heterocycles. The third kappa shape index (κ3) is 2.96. The maximum Gasteiger partial charge on any atom is 0.274 e. The molecule has 3 N–H and O–H groups in total. The number of anilines is 2. The number of hydrogen-bond donors (Lipinski definition) is 2. The van der Waals surface area contributed by atoms with Crippen molar-refractivity contribution in [1.29, 1.82) is 0 Å². The summed E-state index contributed by atoms with van der Waals surface area (Å²) in [6.07, 6.45) is 3.23. The average molecular weight is 269 g/mol. The molecule has 0 saturated carbocycles. The van der Waals surface area contributed by atoms with Crippen LogP contribution in [0.4, 0.5) is 11.4 Å². The van der Waals surface area contributed by atoms with Gasteiger partial charge >= 0.3 is 0 Å². The van der Waals surface area contributed by atoms with Crippen LogP contribution in [0.25, 0.3) is 0 Å². The van der Waals surface area contributed by atoms with E-state index in [0.29, 0.717) is 11.4 Å². The monoisotopic (exact) mass is 269 g/mol. The first-order valence-electron chi connectivity index (χ1n) is 6.79. The van der Waals surface area contributed by atoms with E-state index in [1.807, 2.05) is 18.2 Å². The summed E-state index contributed by atoms with van der Waals surface area (Å²) >= 11 is 0. The molecule has 2 rings (SSSR count). The summed E-state index contributed by atoms with van der Waals surface area (Å²) in [6, 6.07) is 9.39. The molecule has 0 bridgehead atoms. The Morgan fingerprint density at radius 2 is 1.80 bits per heavy atom. The van der Waals surface area contributed by atoms with Crippen LogP contribution in [0.15, 0.2) is 36.5 Å². The second-order valence-electron chi connectivity index (χ2n) is 4.59. The molecule has 0 radical (unpaired) electrons. The fourth-order valence-corrected chi connectivity index (χ4v) is 2.12. The second kappa shape index (κ2) is 6.19. The Kier molecular flexibility index (Phi) is 4.35. The number of nitrogens with two attached hydrogens (primary N) is 1. The highest BCUT2D eigenvalue weighted by atomic mass is 16.1. The molecule has 0 aliphatic carbocycles. The molecule has 1 amide bonds. The van der Waals surface area contributed by atoms with E-state index in [0.717, 1.165) is 29.7 Å². The van der Waals surface area contributed by atoms with Gasteiger partial charge in [0.15, 0.2) is 0 Å². The molecule has 4 heteroatoms. The highest BCUT2D eigenvalue weighted by Gasteiger charge is 2.12. The Labute approximate surface area is 119 Å². The summed E-state index contributed by atoms with van der Waals surface area (Å²) in [7, 11) is 0. The molecule has 1 heterocycles. The molecular weight excluding hydrogens is 250 g/mol. The maximum absolute atomic E-state index is 12.2. The predicted molar refractivity (Wildman–Crippen MR) is 81.8 cm³/mol. The quantitative estimate of drug-likeness (QED) is 0.896. The fourth-order valence-electron chi connectivity index (χ4n) is 2.12. The van der Waals surface area contributed by atoms with E-state index in [4.69, 9.17) is 5.73 Å². The zero-order valence-corrected chi connectivity index (χ0v) is 11.8. The van der Waals surface area contributed by atoms with Crippen LogP contribution in [0.3, 0.4) is 0 Å². The lowest BCUT2D eigenvalue weighted by molar-refractivity contribution is 0.102. The highest BCUT2D eigenvalue weighted by Crippen LogP contribution is 2.23. The van der Waals surface area contributed by atoms with Crippen LogP contribution in [0.1, 0.15) is 35.5 Å². The van der Waals surface area contributed by atoms with E-state index in [1.54, 1.807) is 12.1 Å². The van der Waals surface area contributed by atoms with Gasteiger partial charge in [0, 0.05) is 5.69 Å². The van der Waals surface area contributed by atoms with E-state index in [-0.39, 0.29) is 5.91 Å². The van der Waals surface area contributed by atoms with E-state index in [9.17, 15) is 4.79 Å². The van der Waals surface area contributed by atoms with Crippen molar-refractivity contribution in [3.05, 3.63) is 53.3 Å². The summed E-state index contributed by atoms with van der Waals surface area (Å²) in [4.78, 5) is 16.3. The highest BCUT2D eigenvalue weighted by molar-refractivity contribution is 6.03. The van der Waals surface area contributed by atoms with Gasteiger partial charge in [0.2, 0.25) is 0 Å². The number of amides is 1. The van der Waals surface area contributed by atoms with Gasteiger partial charge < -0.3 is 11.1 Å². The van der Waals surface area contributed by atoms with Crippen LogP contribution in [-0.4, -0.2) is 10.9 Å². The predicted octanol–water partition coefficient (Wildman–Crippen LogP) is 3.04. The third-order valence-electron chi connectivity index (χ3n) is 3.26. The summed E-state index contributed by atoms with van der Waals surface area (Å²) in [5.41, 5.74) is 9.66. The van der Waals surface area contributed by atoms with Crippen LogP contribution in [0.2, 0.25) is 0 Å². The molecule has 1 aromatic heterocycles. The van der Waals surface area contributed by atoms with Crippen molar-refractivity contribution >= 4 is 17.3 Å². The molecule has 1 aromatic carbocycles. The third-order valence-corrected chi connectivity index (χ3v) is 3.26. The number of hydrogen-bond acceptors (Lipinski definition) is 3. The fraction of sp³-hybridized carbons (Fsp3) is 0.250. The first kappa shape index (κ1) is 14.1. The summed E-state index contributed by atoms with van der Waals surface area (Å²) in [5.74, 6) is -0.208. The minimum atomic E-state index is -0.208. The van der Waals surface area contributed by atoms with Crippen molar-refractivity contribution in [3.8, 4) is 0 Å². The zero-order chi connectivity index (χ0) is 14.5. The number of para-hydroxylation sites is 1. The largest absolute Gasteiger partial charge is 0.397 e. The molecular formula is C16H19N3O. The van der Waals surface area contributed by atoms with E-state index in [2.05, 4.69) is 24.1 Å². The van der Waals surface area contributed by atoms with Gasteiger partial charge in [0.05, 0.1) is 11.9 Å². The number of rotatable bonds is 4. The zero-order valence-electron chi connectivity index (χ0n) is 11.8. The summed E-state index contributed by atoms with van der Waals surface area (Å²) in [5, 5.41) is 2.97. The van der Waals surface area contributed by atoms with Crippen molar-refractivity contribution < 1.29 is 4.79 Å². The van der Waals surface area contributed by atoms with Gasteiger partial charge in [-0.3, -0.25) is 4.79 Å². The number of benzene rings is 1. The topological polar surface area (TPSA) is 68.0 Å². The SMILES string of the molecule is CCc1cccc(CC)c1NC(=O)c1ccc(N)cn1. The average Bonchev–Trinajstić information content (AvgIpc) is 2.48. The van der Waals surface area contributed by atoms with Gasteiger partial charge in [-0.25, -0.2) is 4.98 Å². The smallest absolute Gasteiger partial charge is 0.274 e. The van der Waals surface area contributed by atoms with E-state index in [1.165, 1.54) is 6.20 Å². The Morgan fingerprint density at radius 1 is 1.15 bits per heavy atom. The first-order chi connectivity index (χ1) is 9.65. The normalized spacial score (nSPS) is 10.3. The molecule has 0 aliphatic heterocycles. The molecule has 0 spiro atoms. The summed E-state index contributed by atoms with van der Waals surface area (Å²) < 4.78 is 0. The number of aromatic nitrogens is 1. The van der Waals surface area contributed by atoms with E-state index >= 15 is 0 Å². The standard InChI is InChI=1S/C16H19N3O/c1-3-11-6-5-7-12(4-2)15(11)19-16(20)14-9-8-13(17)10-18-14/h5-10H,3-4,17H2,1-2H3,(H,19,20). The number of nitrogens with one attached hydrogen (secondary N) is 1. The minimum Gasteiger partial charge on any atom is -0.397 e. The number of carbonyl (C=O) groups is 1. The van der Waals surface area contributed by atoms with Crippen molar-refractivity contribution in [3.63, 3.8) is 0 Å². The first-order valence-corrected chi connectivity index (χ1v) is 6.79. The molecule has 2 aromatic rings. The molecule has 0 fully saturated rings. The van der Waals surface area contributed by atoms with Crippen LogP contribution in [-0.2, 0) is 12.8 Å². The van der Waals surface area contributed by atoms with Crippen LogP contribution < -0.4 is 11.1 Å². The molecule has 0 aliphatic rings. The second-order valence-corrected chi connectivity index (χ2v) is 4.59. The molecule has 104 valence electrons. The number of nitrogen functional groups attached to an aromatic ring is 1. The van der Waals surface area contributed by atoms with Gasteiger partial charge in [0.25, 0.3) is 5.91 Å². The van der Waals surface area contributed by atoms with Crippen LogP contribution in [0, 0.1) is 0 Å². The van der Waals surface area contributed by atoms with Gasteiger partial charge in [-0.1, -0.05) is 32.0 Å². The lowest BCUT2D eigenvalue weighted by Crippen LogP contribution is -2.16. The van der Waals surface area contributed by atoms with Gasteiger partial charge in [0.1, 0.15) is 5.69 Å². The molecule has 4 nitrogen and oxygen atoms in total. The number of pyridine rings is 1. The van der Waals surface area contributed by atoms with Crippen molar-refractivity contribution in [2.75, 3.05) is 11.1 Å². The molecule has 0 atom stereocenters. The number of aryl methyl sites for hydroxylation is 2. The van der Waals surface area contributed by atoms with Crippen molar-refractivity contribution in [2.45, 2.75) is 26.7 Å². The Bertz CT molecular complexity index is 583. The lowest BCUT2D eigenvalue weighted by atomic mass is 10.0. The lowest BCUT2D eigenvalue weighted by Gasteiger charge is -2.14. The Morgan fingerprint density at radius 3 is 2.30 bits per heavy atom. The van der Waals surface area contributed by atoms with Gasteiger partial charge in [-0.2, -0.15) is 0 Å². The van der Waals surface area contributed by atoms with Gasteiger partial charge in [-0.05, 0) is 36.1 Å². The minimum absolute atomic E-state index is 0.208. The number of carbonyl (C=O) groups excluding carboxylic acids is 1. The maximum atomic E-state index is 12.2. The summed E-state index contributed by atoms with van der Waals surface area (Å²) in [6.45, 7) is 4.15. The Hall–Kier alpha value is -2.36.